The minimum Gasteiger partial charge on any atom is -0.384 e. The highest BCUT2D eigenvalue weighted by atomic mass is 32.1. The van der Waals surface area contributed by atoms with Gasteiger partial charge in [-0.1, -0.05) is 17.7 Å². The number of hydrogen-bond donors (Lipinski definition) is 1. The summed E-state index contributed by atoms with van der Waals surface area (Å²) in [6, 6.07) is 8.12. The van der Waals surface area contributed by atoms with Crippen molar-refractivity contribution in [2.24, 2.45) is 0 Å². The van der Waals surface area contributed by atoms with Crippen molar-refractivity contribution in [3.8, 4) is 0 Å². The lowest BCUT2D eigenvalue weighted by Crippen LogP contribution is -2.42. The van der Waals surface area contributed by atoms with E-state index in [-0.39, 0.29) is 5.91 Å². The maximum absolute atomic E-state index is 12.6. The number of likely N-dealkylation sites (tertiary alicyclic amines) is 1. The Morgan fingerprint density at radius 1 is 1.32 bits per heavy atom. The number of ether oxygens (including phenoxy) is 1. The van der Waals surface area contributed by atoms with Gasteiger partial charge in [-0.25, -0.2) is 4.98 Å². The second kappa shape index (κ2) is 8.40. The zero-order chi connectivity index (χ0) is 17.6. The molecular formula is C18H24N4O2S. The molecule has 2 aromatic rings. The van der Waals surface area contributed by atoms with E-state index in [1.54, 1.807) is 7.11 Å². The van der Waals surface area contributed by atoms with Gasteiger partial charge < -0.3 is 15.0 Å². The number of nitrogens with zero attached hydrogens (tertiary/aromatic N) is 3. The molecule has 0 unspecified atom stereocenters. The summed E-state index contributed by atoms with van der Waals surface area (Å²) in [6.07, 6.45) is 2.58. The first-order valence-electron chi connectivity index (χ1n) is 8.59. The molecule has 7 heteroatoms. The molecule has 25 heavy (non-hydrogen) atoms. The van der Waals surface area contributed by atoms with Gasteiger partial charge in [0.05, 0.1) is 6.61 Å². The van der Waals surface area contributed by atoms with Crippen molar-refractivity contribution in [2.75, 3.05) is 32.1 Å². The van der Waals surface area contributed by atoms with Crippen molar-refractivity contribution in [3.05, 3.63) is 41.2 Å². The number of benzene rings is 1. The average Bonchev–Trinajstić information content (AvgIpc) is 3.08. The number of methoxy groups -OCH3 is 1. The quantitative estimate of drug-likeness (QED) is 0.858. The monoisotopic (exact) mass is 360 g/mol. The number of rotatable bonds is 6. The number of piperidine rings is 1. The van der Waals surface area contributed by atoms with Crippen LogP contribution in [0.3, 0.4) is 0 Å². The highest BCUT2D eigenvalue weighted by Crippen LogP contribution is 2.20. The van der Waals surface area contributed by atoms with E-state index >= 15 is 0 Å². The summed E-state index contributed by atoms with van der Waals surface area (Å²) in [5, 5.41) is 4.31. The molecule has 1 aliphatic heterocycles. The van der Waals surface area contributed by atoms with Crippen LogP contribution in [0.15, 0.2) is 24.3 Å². The molecule has 0 bridgehead atoms. The van der Waals surface area contributed by atoms with Crippen LogP contribution in [-0.4, -0.2) is 53.0 Å². The molecule has 3 rings (SSSR count). The van der Waals surface area contributed by atoms with Crippen LogP contribution in [0.4, 0.5) is 5.13 Å². The predicted molar refractivity (Wildman–Crippen MR) is 99.2 cm³/mol. The van der Waals surface area contributed by atoms with Gasteiger partial charge in [0.1, 0.15) is 5.82 Å². The third-order valence-corrected chi connectivity index (χ3v) is 5.09. The Morgan fingerprint density at radius 3 is 2.72 bits per heavy atom. The van der Waals surface area contributed by atoms with Crippen LogP contribution in [0, 0.1) is 6.92 Å². The molecule has 0 aliphatic carbocycles. The number of nitrogens with one attached hydrogen (secondary N) is 1. The number of anilines is 1. The molecule has 1 aliphatic rings. The molecule has 0 spiro atoms. The van der Waals surface area contributed by atoms with E-state index in [4.69, 9.17) is 4.74 Å². The molecule has 134 valence electrons. The lowest BCUT2D eigenvalue weighted by Gasteiger charge is -2.32. The minimum atomic E-state index is 0.121. The smallest absolute Gasteiger partial charge is 0.253 e. The summed E-state index contributed by atoms with van der Waals surface area (Å²) >= 11 is 1.39. The standard InChI is InChI=1S/C18H24N4O2S/c1-13-3-5-14(6-4-13)17(23)22-10-7-15(8-11-22)19-18-20-16(21-25-18)9-12-24-2/h3-6,15H,7-12H2,1-2H3,(H,19,20,21). The average molecular weight is 360 g/mol. The molecule has 1 N–H and O–H groups in total. The summed E-state index contributed by atoms with van der Waals surface area (Å²) in [5.74, 6) is 0.942. The van der Waals surface area contributed by atoms with Gasteiger partial charge in [0.15, 0.2) is 0 Å². The first-order chi connectivity index (χ1) is 12.2. The van der Waals surface area contributed by atoms with Gasteiger partial charge in [-0.3, -0.25) is 4.79 Å². The lowest BCUT2D eigenvalue weighted by atomic mass is 10.0. The third kappa shape index (κ3) is 4.76. The number of carbonyl (C=O) groups excluding carboxylic acids is 1. The highest BCUT2D eigenvalue weighted by molar-refractivity contribution is 7.09. The second-order valence-corrected chi connectivity index (χ2v) is 7.09. The Kier molecular flexibility index (Phi) is 5.99. The van der Waals surface area contributed by atoms with E-state index in [1.807, 2.05) is 36.1 Å². The molecule has 1 aromatic heterocycles. The predicted octanol–water partition coefficient (Wildman–Crippen LogP) is 2.75. The van der Waals surface area contributed by atoms with Gasteiger partial charge >= 0.3 is 0 Å². The van der Waals surface area contributed by atoms with Crippen molar-refractivity contribution in [3.63, 3.8) is 0 Å². The van der Waals surface area contributed by atoms with E-state index in [2.05, 4.69) is 14.7 Å². The summed E-state index contributed by atoms with van der Waals surface area (Å²) < 4.78 is 9.38. The molecule has 1 saturated heterocycles. The Hall–Kier alpha value is -1.99. The first kappa shape index (κ1) is 17.8. The molecule has 1 amide bonds. The number of carbonyl (C=O) groups is 1. The topological polar surface area (TPSA) is 67.3 Å². The summed E-state index contributed by atoms with van der Waals surface area (Å²) in [6.45, 7) is 4.19. The van der Waals surface area contributed by atoms with E-state index in [1.165, 1.54) is 17.1 Å². The van der Waals surface area contributed by atoms with Gasteiger partial charge in [-0.05, 0) is 31.9 Å². The fourth-order valence-corrected chi connectivity index (χ4v) is 3.58. The van der Waals surface area contributed by atoms with Crippen LogP contribution in [-0.2, 0) is 11.2 Å². The van der Waals surface area contributed by atoms with Crippen molar-refractivity contribution in [1.82, 2.24) is 14.3 Å². The van der Waals surface area contributed by atoms with E-state index < -0.39 is 0 Å². The largest absolute Gasteiger partial charge is 0.384 e. The van der Waals surface area contributed by atoms with Crippen LogP contribution in [0.25, 0.3) is 0 Å². The van der Waals surface area contributed by atoms with Crippen molar-refractivity contribution < 1.29 is 9.53 Å². The molecule has 1 fully saturated rings. The van der Waals surface area contributed by atoms with Gasteiger partial charge in [0.25, 0.3) is 5.91 Å². The number of aromatic nitrogens is 2. The van der Waals surface area contributed by atoms with Gasteiger partial charge in [-0.15, -0.1) is 0 Å². The lowest BCUT2D eigenvalue weighted by molar-refractivity contribution is 0.0718. The molecule has 0 saturated carbocycles. The van der Waals surface area contributed by atoms with Crippen LogP contribution < -0.4 is 5.32 Å². The zero-order valence-electron chi connectivity index (χ0n) is 14.7. The summed E-state index contributed by atoms with van der Waals surface area (Å²) in [5.41, 5.74) is 1.94. The fraction of sp³-hybridized carbons (Fsp3) is 0.500. The maximum Gasteiger partial charge on any atom is 0.253 e. The van der Waals surface area contributed by atoms with Gasteiger partial charge in [-0.2, -0.15) is 4.37 Å². The number of hydrogen-bond acceptors (Lipinski definition) is 6. The van der Waals surface area contributed by atoms with Crippen LogP contribution in [0.2, 0.25) is 0 Å². The SMILES string of the molecule is COCCc1nsc(NC2CCN(C(=O)c3ccc(C)cc3)CC2)n1. The Balaban J connectivity index is 1.49. The van der Waals surface area contributed by atoms with E-state index in [9.17, 15) is 4.79 Å². The van der Waals surface area contributed by atoms with E-state index in [0.29, 0.717) is 12.6 Å². The molecule has 0 radical (unpaired) electrons. The molecule has 2 heterocycles. The van der Waals surface area contributed by atoms with Crippen LogP contribution in [0.5, 0.6) is 0 Å². The molecule has 0 atom stereocenters. The van der Waals surface area contributed by atoms with Crippen molar-refractivity contribution in [2.45, 2.75) is 32.2 Å². The third-order valence-electron chi connectivity index (χ3n) is 4.41. The second-order valence-electron chi connectivity index (χ2n) is 6.34. The molecule has 1 aromatic carbocycles. The maximum atomic E-state index is 12.6. The number of aryl methyl sites for hydroxylation is 1. The minimum absolute atomic E-state index is 0.121. The first-order valence-corrected chi connectivity index (χ1v) is 9.37. The summed E-state index contributed by atoms with van der Waals surface area (Å²) in [7, 11) is 1.68. The fourth-order valence-electron chi connectivity index (χ4n) is 2.89. The Labute approximate surface area is 152 Å². The van der Waals surface area contributed by atoms with Gasteiger partial charge in [0.2, 0.25) is 5.13 Å². The van der Waals surface area contributed by atoms with Crippen molar-refractivity contribution in [1.29, 1.82) is 0 Å². The van der Waals surface area contributed by atoms with Gasteiger partial charge in [0, 0.05) is 49.8 Å². The molecule has 6 nitrogen and oxygen atoms in total. The Morgan fingerprint density at radius 2 is 2.04 bits per heavy atom. The summed E-state index contributed by atoms with van der Waals surface area (Å²) in [4.78, 5) is 19.0. The number of amides is 1. The van der Waals surface area contributed by atoms with Crippen molar-refractivity contribution >= 4 is 22.6 Å². The highest BCUT2D eigenvalue weighted by Gasteiger charge is 2.24. The zero-order valence-corrected chi connectivity index (χ0v) is 15.5. The molecular weight excluding hydrogens is 336 g/mol. The van der Waals surface area contributed by atoms with Crippen LogP contribution >= 0.6 is 11.5 Å². The Bertz CT molecular complexity index is 693. The van der Waals surface area contributed by atoms with E-state index in [0.717, 1.165) is 48.9 Å². The normalized spacial score (nSPS) is 15.4. The van der Waals surface area contributed by atoms with Crippen LogP contribution in [0.1, 0.15) is 34.6 Å².